The first-order chi connectivity index (χ1) is 10.4. The summed E-state index contributed by atoms with van der Waals surface area (Å²) in [4.78, 5) is 1.21. The smallest absolute Gasteiger partial charge is 0.0794 e. The van der Waals surface area contributed by atoms with Crippen molar-refractivity contribution < 1.29 is 5.11 Å². The molecule has 0 unspecified atom stereocenters. The van der Waals surface area contributed by atoms with Crippen molar-refractivity contribution in [1.29, 1.82) is 0 Å². The molecule has 0 aliphatic heterocycles. The Balaban J connectivity index is 1.59. The Morgan fingerprint density at radius 1 is 1.10 bits per heavy atom. The summed E-state index contributed by atoms with van der Waals surface area (Å²) < 4.78 is 0. The first kappa shape index (κ1) is 14.0. The van der Waals surface area contributed by atoms with Crippen LogP contribution >= 0.6 is 11.3 Å². The van der Waals surface area contributed by atoms with Crippen LogP contribution < -0.4 is 5.32 Å². The number of aliphatic hydroxyl groups is 1. The van der Waals surface area contributed by atoms with E-state index < -0.39 is 0 Å². The molecule has 0 atom stereocenters. The van der Waals surface area contributed by atoms with Crippen molar-refractivity contribution in [3.05, 3.63) is 64.7 Å². The normalized spacial score (nSPS) is 10.9. The molecule has 0 saturated carbocycles. The number of aromatic amines is 1. The molecule has 0 bridgehead atoms. The van der Waals surface area contributed by atoms with Crippen molar-refractivity contribution in [2.45, 2.75) is 19.7 Å². The summed E-state index contributed by atoms with van der Waals surface area (Å²) >= 11 is 1.71. The highest BCUT2D eigenvalue weighted by Crippen LogP contribution is 2.25. The zero-order valence-electron chi connectivity index (χ0n) is 11.5. The molecule has 0 saturated heterocycles. The largest absolute Gasteiger partial charge is 0.392 e. The fraction of sp³-hybridized carbons (Fsp3) is 0.188. The van der Waals surface area contributed by atoms with Crippen LogP contribution in [0, 0.1) is 0 Å². The van der Waals surface area contributed by atoms with Crippen LogP contribution in [0.25, 0.3) is 10.6 Å². The Morgan fingerprint density at radius 2 is 1.90 bits per heavy atom. The molecule has 0 spiro atoms. The van der Waals surface area contributed by atoms with Crippen LogP contribution in [-0.2, 0) is 19.7 Å². The van der Waals surface area contributed by atoms with Gasteiger partial charge in [0, 0.05) is 18.7 Å². The van der Waals surface area contributed by atoms with E-state index in [1.807, 2.05) is 36.5 Å². The number of rotatable bonds is 6. The number of aromatic nitrogens is 2. The average Bonchev–Trinajstić information content (AvgIpc) is 3.18. The molecule has 0 fully saturated rings. The predicted molar refractivity (Wildman–Crippen MR) is 84.8 cm³/mol. The van der Waals surface area contributed by atoms with E-state index in [4.69, 9.17) is 5.11 Å². The third kappa shape index (κ3) is 3.39. The van der Waals surface area contributed by atoms with Crippen molar-refractivity contribution in [2.24, 2.45) is 0 Å². The number of nitrogens with zero attached hydrogens (tertiary/aromatic N) is 1. The average molecular weight is 299 g/mol. The summed E-state index contributed by atoms with van der Waals surface area (Å²) in [7, 11) is 0. The summed E-state index contributed by atoms with van der Waals surface area (Å²) in [6.45, 7) is 1.65. The molecular formula is C16H17N3OS. The molecule has 3 aromatic rings. The van der Waals surface area contributed by atoms with Crippen LogP contribution in [0.1, 0.15) is 16.7 Å². The molecule has 4 nitrogen and oxygen atoms in total. The fourth-order valence-corrected chi connectivity index (χ4v) is 2.94. The molecule has 21 heavy (non-hydrogen) atoms. The van der Waals surface area contributed by atoms with Crippen LogP contribution in [0.15, 0.2) is 48.0 Å². The van der Waals surface area contributed by atoms with Gasteiger partial charge in [-0.3, -0.25) is 5.10 Å². The zero-order valence-corrected chi connectivity index (χ0v) is 12.4. The highest BCUT2D eigenvalue weighted by molar-refractivity contribution is 7.13. The maximum atomic E-state index is 9.03. The van der Waals surface area contributed by atoms with Crippen LogP contribution in [0.2, 0.25) is 0 Å². The molecule has 0 amide bonds. The minimum Gasteiger partial charge on any atom is -0.392 e. The minimum absolute atomic E-state index is 0.0902. The van der Waals surface area contributed by atoms with E-state index in [0.717, 1.165) is 24.3 Å². The lowest BCUT2D eigenvalue weighted by Gasteiger charge is -2.06. The van der Waals surface area contributed by atoms with Gasteiger partial charge in [-0.25, -0.2) is 0 Å². The van der Waals surface area contributed by atoms with Crippen molar-refractivity contribution in [2.75, 3.05) is 0 Å². The van der Waals surface area contributed by atoms with Crippen molar-refractivity contribution in [3.63, 3.8) is 0 Å². The first-order valence-corrected chi connectivity index (χ1v) is 7.70. The van der Waals surface area contributed by atoms with Gasteiger partial charge in [0.25, 0.3) is 0 Å². The molecule has 1 aromatic carbocycles. The third-order valence-electron chi connectivity index (χ3n) is 3.34. The van der Waals surface area contributed by atoms with Gasteiger partial charge >= 0.3 is 0 Å². The van der Waals surface area contributed by atoms with Gasteiger partial charge in [0.2, 0.25) is 0 Å². The maximum absolute atomic E-state index is 9.03. The Kier molecular flexibility index (Phi) is 4.45. The summed E-state index contributed by atoms with van der Waals surface area (Å²) in [6, 6.07) is 12.1. The highest BCUT2D eigenvalue weighted by Gasteiger charge is 2.07. The molecule has 5 heteroatoms. The summed E-state index contributed by atoms with van der Waals surface area (Å²) in [5.41, 5.74) is 4.40. The minimum atomic E-state index is 0.0902. The summed E-state index contributed by atoms with van der Waals surface area (Å²) in [5, 5.41) is 21.7. The summed E-state index contributed by atoms with van der Waals surface area (Å²) in [6.07, 6.45) is 1.87. The van der Waals surface area contributed by atoms with Gasteiger partial charge in [0.05, 0.1) is 23.4 Å². The molecule has 0 aliphatic carbocycles. The summed E-state index contributed by atoms with van der Waals surface area (Å²) in [5.74, 6) is 0. The van der Waals surface area contributed by atoms with E-state index in [-0.39, 0.29) is 6.61 Å². The van der Waals surface area contributed by atoms with Gasteiger partial charge in [-0.1, -0.05) is 30.3 Å². The Hall–Kier alpha value is -1.95. The number of benzene rings is 1. The predicted octanol–water partition coefficient (Wildman–Crippen LogP) is 2.92. The fourth-order valence-electron chi connectivity index (χ4n) is 2.18. The Labute approximate surface area is 127 Å². The van der Waals surface area contributed by atoms with Gasteiger partial charge in [-0.05, 0) is 22.6 Å². The molecule has 0 radical (unpaired) electrons. The number of hydrogen-bond donors (Lipinski definition) is 3. The topological polar surface area (TPSA) is 60.9 Å². The zero-order chi connectivity index (χ0) is 14.5. The van der Waals surface area contributed by atoms with Crippen LogP contribution in [-0.4, -0.2) is 15.3 Å². The lowest BCUT2D eigenvalue weighted by atomic mass is 10.1. The number of aliphatic hydroxyl groups excluding tert-OH is 1. The quantitative estimate of drug-likeness (QED) is 0.656. The molecule has 108 valence electrons. The Bertz CT molecular complexity index is 674. The molecule has 3 N–H and O–H groups in total. The van der Waals surface area contributed by atoms with Crippen LogP contribution in [0.4, 0.5) is 0 Å². The van der Waals surface area contributed by atoms with E-state index in [1.165, 1.54) is 16.0 Å². The van der Waals surface area contributed by atoms with E-state index in [1.54, 1.807) is 11.3 Å². The molecule has 0 aliphatic rings. The van der Waals surface area contributed by atoms with Crippen molar-refractivity contribution in [1.82, 2.24) is 15.5 Å². The van der Waals surface area contributed by atoms with E-state index in [9.17, 15) is 0 Å². The lowest BCUT2D eigenvalue weighted by molar-refractivity contribution is 0.282. The molecular weight excluding hydrogens is 282 g/mol. The second kappa shape index (κ2) is 6.67. The van der Waals surface area contributed by atoms with Gasteiger partial charge in [-0.15, -0.1) is 11.3 Å². The second-order valence-corrected chi connectivity index (χ2v) is 5.77. The standard InChI is InChI=1S/C16H17N3OS/c20-11-13-5-3-12(4-6-13)8-17-9-14-10-18-19-16(14)15-2-1-7-21-15/h1-7,10,17,20H,8-9,11H2,(H,18,19). The van der Waals surface area contributed by atoms with E-state index in [2.05, 4.69) is 27.0 Å². The number of hydrogen-bond acceptors (Lipinski definition) is 4. The first-order valence-electron chi connectivity index (χ1n) is 6.82. The third-order valence-corrected chi connectivity index (χ3v) is 4.22. The van der Waals surface area contributed by atoms with Gasteiger partial charge in [0.15, 0.2) is 0 Å². The lowest BCUT2D eigenvalue weighted by Crippen LogP contribution is -2.12. The van der Waals surface area contributed by atoms with Crippen LogP contribution in [0.5, 0.6) is 0 Å². The molecule has 3 rings (SSSR count). The maximum Gasteiger partial charge on any atom is 0.0794 e. The van der Waals surface area contributed by atoms with Crippen LogP contribution in [0.3, 0.4) is 0 Å². The van der Waals surface area contributed by atoms with Gasteiger partial charge < -0.3 is 10.4 Å². The number of H-pyrrole nitrogens is 1. The SMILES string of the molecule is OCc1ccc(CNCc2cn[nH]c2-c2cccs2)cc1. The monoisotopic (exact) mass is 299 g/mol. The molecule has 2 aromatic heterocycles. The van der Waals surface area contributed by atoms with Crippen molar-refractivity contribution >= 4 is 11.3 Å². The van der Waals surface area contributed by atoms with E-state index >= 15 is 0 Å². The van der Waals surface area contributed by atoms with Crippen molar-refractivity contribution in [3.8, 4) is 10.6 Å². The highest BCUT2D eigenvalue weighted by atomic mass is 32.1. The van der Waals surface area contributed by atoms with Gasteiger partial charge in [-0.2, -0.15) is 5.10 Å². The second-order valence-electron chi connectivity index (χ2n) is 4.83. The van der Waals surface area contributed by atoms with Gasteiger partial charge in [0.1, 0.15) is 0 Å². The number of thiophene rings is 1. The number of nitrogens with one attached hydrogen (secondary N) is 2. The molecule has 2 heterocycles. The van der Waals surface area contributed by atoms with E-state index in [0.29, 0.717) is 0 Å². The Morgan fingerprint density at radius 3 is 2.62 bits per heavy atom.